The van der Waals surface area contributed by atoms with Crippen molar-refractivity contribution >= 4 is 17.3 Å². The van der Waals surface area contributed by atoms with Crippen molar-refractivity contribution < 1.29 is 4.74 Å². The van der Waals surface area contributed by atoms with Crippen molar-refractivity contribution in [2.24, 2.45) is 5.73 Å². The van der Waals surface area contributed by atoms with Crippen LogP contribution in [0.2, 0.25) is 5.02 Å². The zero-order valence-electron chi connectivity index (χ0n) is 10.2. The van der Waals surface area contributed by atoms with Crippen LogP contribution in [0.4, 0.5) is 5.69 Å². The van der Waals surface area contributed by atoms with Crippen molar-refractivity contribution in [2.45, 2.75) is 25.4 Å². The van der Waals surface area contributed by atoms with E-state index < -0.39 is 0 Å². The number of nitrogens with zero attached hydrogens (tertiary/aromatic N) is 1. The largest absolute Gasteiger partial charge is 0.383 e. The van der Waals surface area contributed by atoms with E-state index in [1.54, 1.807) is 7.11 Å². The average molecular weight is 255 g/mol. The van der Waals surface area contributed by atoms with Crippen molar-refractivity contribution in [3.8, 4) is 0 Å². The van der Waals surface area contributed by atoms with Crippen molar-refractivity contribution in [2.75, 3.05) is 25.2 Å². The molecule has 0 aromatic heterocycles. The molecule has 3 nitrogen and oxygen atoms in total. The smallest absolute Gasteiger partial charge is 0.0637 e. The van der Waals surface area contributed by atoms with E-state index in [0.717, 1.165) is 23.7 Å². The summed E-state index contributed by atoms with van der Waals surface area (Å²) in [4.78, 5) is 2.37. The predicted octanol–water partition coefficient (Wildman–Crippen LogP) is 2.41. The number of rotatable bonds is 6. The van der Waals surface area contributed by atoms with Gasteiger partial charge in [-0.05, 0) is 30.5 Å². The maximum atomic E-state index is 6.19. The first-order valence-electron chi connectivity index (χ1n) is 6.00. The molecule has 0 spiro atoms. The number of nitrogens with two attached hydrogens (primary N) is 1. The van der Waals surface area contributed by atoms with Crippen LogP contribution in [0.15, 0.2) is 18.2 Å². The Labute approximate surface area is 107 Å². The molecule has 0 saturated heterocycles. The van der Waals surface area contributed by atoms with Crippen LogP contribution in [-0.2, 0) is 11.3 Å². The minimum absolute atomic E-state index is 0.487. The molecule has 1 fully saturated rings. The fraction of sp³-hybridized carbons (Fsp3) is 0.538. The summed E-state index contributed by atoms with van der Waals surface area (Å²) >= 11 is 6.19. The van der Waals surface area contributed by atoms with E-state index in [9.17, 15) is 0 Å². The molecule has 0 bridgehead atoms. The van der Waals surface area contributed by atoms with E-state index in [-0.39, 0.29) is 0 Å². The molecule has 4 heteroatoms. The van der Waals surface area contributed by atoms with Gasteiger partial charge in [0, 0.05) is 37.0 Å². The number of halogens is 1. The molecule has 0 atom stereocenters. The first kappa shape index (κ1) is 12.7. The van der Waals surface area contributed by atoms with Gasteiger partial charge in [0.05, 0.1) is 6.61 Å². The summed E-state index contributed by atoms with van der Waals surface area (Å²) in [6.07, 6.45) is 2.53. The van der Waals surface area contributed by atoms with Crippen LogP contribution in [0.25, 0.3) is 0 Å². The third-order valence-corrected chi connectivity index (χ3v) is 3.46. The third-order valence-electron chi connectivity index (χ3n) is 3.11. The van der Waals surface area contributed by atoms with Crippen molar-refractivity contribution in [1.29, 1.82) is 0 Å². The lowest BCUT2D eigenvalue weighted by Crippen LogP contribution is -2.29. The van der Waals surface area contributed by atoms with Gasteiger partial charge >= 0.3 is 0 Å². The van der Waals surface area contributed by atoms with Gasteiger partial charge in [-0.2, -0.15) is 0 Å². The molecule has 1 aromatic carbocycles. The lowest BCUT2D eigenvalue weighted by Gasteiger charge is -2.25. The normalized spacial score (nSPS) is 15.0. The molecule has 1 aliphatic rings. The van der Waals surface area contributed by atoms with Gasteiger partial charge in [0.25, 0.3) is 0 Å². The summed E-state index contributed by atoms with van der Waals surface area (Å²) in [6.45, 7) is 2.15. The molecular weight excluding hydrogens is 236 g/mol. The van der Waals surface area contributed by atoms with Gasteiger partial charge in [0.2, 0.25) is 0 Å². The van der Waals surface area contributed by atoms with Crippen LogP contribution in [0, 0.1) is 0 Å². The quantitative estimate of drug-likeness (QED) is 0.847. The topological polar surface area (TPSA) is 38.5 Å². The van der Waals surface area contributed by atoms with E-state index in [1.807, 2.05) is 12.1 Å². The Balaban J connectivity index is 2.14. The van der Waals surface area contributed by atoms with Crippen LogP contribution in [-0.4, -0.2) is 26.3 Å². The molecule has 2 N–H and O–H groups in total. The monoisotopic (exact) mass is 254 g/mol. The van der Waals surface area contributed by atoms with Gasteiger partial charge in [-0.1, -0.05) is 17.7 Å². The van der Waals surface area contributed by atoms with Gasteiger partial charge in [0.1, 0.15) is 0 Å². The zero-order valence-corrected chi connectivity index (χ0v) is 10.9. The lowest BCUT2D eigenvalue weighted by atomic mass is 10.2. The number of hydrogen-bond donors (Lipinski definition) is 1. The Morgan fingerprint density at radius 3 is 2.76 bits per heavy atom. The summed E-state index contributed by atoms with van der Waals surface area (Å²) in [6, 6.07) is 6.78. The van der Waals surface area contributed by atoms with Crippen LogP contribution < -0.4 is 10.6 Å². The Hall–Kier alpha value is -0.770. The summed E-state index contributed by atoms with van der Waals surface area (Å²) in [5.74, 6) is 0. The highest BCUT2D eigenvalue weighted by atomic mass is 35.5. The fourth-order valence-electron chi connectivity index (χ4n) is 1.98. The summed E-state index contributed by atoms with van der Waals surface area (Å²) in [7, 11) is 1.73. The molecule has 17 heavy (non-hydrogen) atoms. The maximum absolute atomic E-state index is 6.19. The van der Waals surface area contributed by atoms with E-state index >= 15 is 0 Å². The second kappa shape index (κ2) is 5.71. The van der Waals surface area contributed by atoms with Crippen LogP contribution in [0.1, 0.15) is 18.4 Å². The molecule has 0 radical (unpaired) electrons. The first-order valence-corrected chi connectivity index (χ1v) is 6.38. The molecule has 1 saturated carbocycles. The Kier molecular flexibility index (Phi) is 4.26. The number of ether oxygens (including phenoxy) is 1. The molecule has 0 aliphatic heterocycles. The lowest BCUT2D eigenvalue weighted by molar-refractivity contribution is 0.205. The first-order chi connectivity index (χ1) is 8.26. The third kappa shape index (κ3) is 3.12. The van der Waals surface area contributed by atoms with Gasteiger partial charge < -0.3 is 15.4 Å². The number of hydrogen-bond acceptors (Lipinski definition) is 3. The van der Waals surface area contributed by atoms with Gasteiger partial charge in [0.15, 0.2) is 0 Å². The van der Waals surface area contributed by atoms with E-state index in [1.165, 1.54) is 18.5 Å². The molecular formula is C13H19ClN2O. The highest BCUT2D eigenvalue weighted by Gasteiger charge is 2.29. The number of methoxy groups -OCH3 is 1. The highest BCUT2D eigenvalue weighted by molar-refractivity contribution is 6.31. The average Bonchev–Trinajstić information content (AvgIpc) is 3.14. The summed E-state index contributed by atoms with van der Waals surface area (Å²) in [5, 5.41) is 0.757. The van der Waals surface area contributed by atoms with Crippen LogP contribution >= 0.6 is 11.6 Å². The van der Waals surface area contributed by atoms with E-state index in [2.05, 4.69) is 11.0 Å². The molecule has 1 aliphatic carbocycles. The Bertz CT molecular complexity index is 380. The molecule has 0 amide bonds. The Morgan fingerprint density at radius 2 is 2.24 bits per heavy atom. The minimum Gasteiger partial charge on any atom is -0.383 e. The number of benzene rings is 1. The second-order valence-corrected chi connectivity index (χ2v) is 4.80. The summed E-state index contributed by atoms with van der Waals surface area (Å²) < 4.78 is 5.15. The van der Waals surface area contributed by atoms with Crippen LogP contribution in [0.3, 0.4) is 0 Å². The maximum Gasteiger partial charge on any atom is 0.0637 e. The van der Waals surface area contributed by atoms with Crippen molar-refractivity contribution in [1.82, 2.24) is 0 Å². The molecule has 0 unspecified atom stereocenters. The molecule has 1 aromatic rings. The van der Waals surface area contributed by atoms with Gasteiger partial charge in [-0.3, -0.25) is 0 Å². The standard InChI is InChI=1S/C13H19ClN2O/c1-17-7-6-16(11-4-5-11)12-3-2-10(9-15)13(14)8-12/h2-3,8,11H,4-7,9,15H2,1H3. The van der Waals surface area contributed by atoms with Crippen molar-refractivity contribution in [3.05, 3.63) is 28.8 Å². The SMILES string of the molecule is COCCN(c1ccc(CN)c(Cl)c1)C1CC1. The predicted molar refractivity (Wildman–Crippen MR) is 71.6 cm³/mol. The molecule has 0 heterocycles. The van der Waals surface area contributed by atoms with Crippen molar-refractivity contribution in [3.63, 3.8) is 0 Å². The number of anilines is 1. The van der Waals surface area contributed by atoms with Gasteiger partial charge in [-0.15, -0.1) is 0 Å². The van der Waals surface area contributed by atoms with E-state index in [0.29, 0.717) is 12.6 Å². The minimum atomic E-state index is 0.487. The zero-order chi connectivity index (χ0) is 12.3. The molecule has 2 rings (SSSR count). The van der Waals surface area contributed by atoms with Crippen LogP contribution in [0.5, 0.6) is 0 Å². The summed E-state index contributed by atoms with van der Waals surface area (Å²) in [5.41, 5.74) is 7.78. The second-order valence-electron chi connectivity index (χ2n) is 4.40. The molecule has 94 valence electrons. The van der Waals surface area contributed by atoms with Gasteiger partial charge in [-0.25, -0.2) is 0 Å². The van der Waals surface area contributed by atoms with E-state index in [4.69, 9.17) is 22.1 Å². The Morgan fingerprint density at radius 1 is 1.47 bits per heavy atom. The fourth-order valence-corrected chi connectivity index (χ4v) is 2.23. The highest BCUT2D eigenvalue weighted by Crippen LogP contribution is 2.33.